The van der Waals surface area contributed by atoms with E-state index in [0.717, 1.165) is 5.56 Å². The lowest BCUT2D eigenvalue weighted by Gasteiger charge is -2.20. The number of halogens is 1. The first kappa shape index (κ1) is 22.8. The average molecular weight is 484 g/mol. The maximum atomic E-state index is 13.4. The van der Waals surface area contributed by atoms with Gasteiger partial charge in [0.25, 0.3) is 0 Å². The summed E-state index contributed by atoms with van der Waals surface area (Å²) in [6, 6.07) is 20.8. The number of phenolic OH excluding ortho intramolecular Hbond substituents is 1. The number of phenols is 1. The van der Waals surface area contributed by atoms with Gasteiger partial charge in [0, 0.05) is 25.2 Å². The molecule has 0 amide bonds. The predicted octanol–water partition coefficient (Wildman–Crippen LogP) is 4.73. The first-order valence-corrected chi connectivity index (χ1v) is 11.9. The van der Waals surface area contributed by atoms with E-state index in [4.69, 9.17) is 16.3 Å². The first-order chi connectivity index (χ1) is 15.8. The molecule has 0 bridgehead atoms. The van der Waals surface area contributed by atoms with Gasteiger partial charge in [0.05, 0.1) is 29.7 Å². The third-order valence-corrected chi connectivity index (χ3v) is 7.37. The van der Waals surface area contributed by atoms with Crippen molar-refractivity contribution in [2.24, 2.45) is 0 Å². The van der Waals surface area contributed by atoms with Crippen molar-refractivity contribution in [1.82, 2.24) is 14.1 Å². The third kappa shape index (κ3) is 4.45. The maximum absolute atomic E-state index is 13.4. The molecule has 0 saturated carbocycles. The molecule has 1 N–H and O–H groups in total. The van der Waals surface area contributed by atoms with Gasteiger partial charge >= 0.3 is 0 Å². The molecule has 0 saturated heterocycles. The fourth-order valence-electron chi connectivity index (χ4n) is 3.54. The molecule has 0 fully saturated rings. The predicted molar refractivity (Wildman–Crippen MR) is 127 cm³/mol. The standard InChI is InChI=1S/C24H22ClN3O4S/c1-27(16-17-8-4-3-5-9-17)33(30,31)24-14-18(23(32-2)15-22(24)29)20-12-13-26-28(20)21-11-7-6-10-19(21)25/h3-15,29H,16H2,1-2H3. The summed E-state index contributed by atoms with van der Waals surface area (Å²) < 4.78 is 35.0. The maximum Gasteiger partial charge on any atom is 0.246 e. The zero-order chi connectivity index (χ0) is 23.6. The fourth-order valence-corrected chi connectivity index (χ4v) is 5.00. The van der Waals surface area contributed by atoms with Crippen molar-refractivity contribution in [2.75, 3.05) is 14.2 Å². The highest BCUT2D eigenvalue weighted by molar-refractivity contribution is 7.89. The minimum atomic E-state index is -4.02. The first-order valence-electron chi connectivity index (χ1n) is 10.0. The minimum Gasteiger partial charge on any atom is -0.506 e. The topological polar surface area (TPSA) is 84.7 Å². The van der Waals surface area contributed by atoms with Crippen LogP contribution in [0.3, 0.4) is 0 Å². The second kappa shape index (κ2) is 9.27. The van der Waals surface area contributed by atoms with Gasteiger partial charge in [-0.25, -0.2) is 13.1 Å². The number of hydrogen-bond acceptors (Lipinski definition) is 5. The van der Waals surface area contributed by atoms with E-state index in [1.807, 2.05) is 42.5 Å². The highest BCUT2D eigenvalue weighted by Gasteiger charge is 2.27. The van der Waals surface area contributed by atoms with Gasteiger partial charge in [-0.15, -0.1) is 0 Å². The molecule has 4 rings (SSSR count). The van der Waals surface area contributed by atoms with Crippen LogP contribution in [0.1, 0.15) is 5.56 Å². The normalized spacial score (nSPS) is 11.6. The van der Waals surface area contributed by atoms with Crippen LogP contribution in [0.5, 0.6) is 11.5 Å². The van der Waals surface area contributed by atoms with Gasteiger partial charge in [0.1, 0.15) is 16.4 Å². The molecule has 0 radical (unpaired) electrons. The molecule has 170 valence electrons. The second-order valence-corrected chi connectivity index (χ2v) is 9.77. The van der Waals surface area contributed by atoms with Gasteiger partial charge in [-0.05, 0) is 29.8 Å². The summed E-state index contributed by atoms with van der Waals surface area (Å²) in [4.78, 5) is -0.233. The zero-order valence-corrected chi connectivity index (χ0v) is 19.6. The summed E-state index contributed by atoms with van der Waals surface area (Å²) in [5.74, 6) is -0.106. The fraction of sp³-hybridized carbons (Fsp3) is 0.125. The Morgan fingerprint density at radius 1 is 1.06 bits per heavy atom. The summed E-state index contributed by atoms with van der Waals surface area (Å²) in [6.45, 7) is 0.154. The molecule has 3 aromatic carbocycles. The minimum absolute atomic E-state index is 0.154. The number of rotatable bonds is 7. The SMILES string of the molecule is COc1cc(O)c(S(=O)(=O)N(C)Cc2ccccc2)cc1-c1ccnn1-c1ccccc1Cl. The molecule has 0 aliphatic carbocycles. The molecule has 4 aromatic rings. The van der Waals surface area contributed by atoms with E-state index >= 15 is 0 Å². The van der Waals surface area contributed by atoms with Gasteiger partial charge in [-0.1, -0.05) is 54.1 Å². The van der Waals surface area contributed by atoms with Crippen LogP contribution in [0, 0.1) is 0 Å². The van der Waals surface area contributed by atoms with Crippen LogP contribution in [0.4, 0.5) is 0 Å². The quantitative estimate of drug-likeness (QED) is 0.411. The number of aromatic hydroxyl groups is 1. The zero-order valence-electron chi connectivity index (χ0n) is 18.0. The smallest absolute Gasteiger partial charge is 0.246 e. The number of aromatic nitrogens is 2. The molecule has 0 aliphatic heterocycles. The van der Waals surface area contributed by atoms with Crippen molar-refractivity contribution in [3.63, 3.8) is 0 Å². The van der Waals surface area contributed by atoms with E-state index in [1.54, 1.807) is 29.1 Å². The molecular weight excluding hydrogens is 462 g/mol. The Labute approximate surface area is 197 Å². The Morgan fingerprint density at radius 3 is 2.45 bits per heavy atom. The van der Waals surface area contributed by atoms with Crippen molar-refractivity contribution in [2.45, 2.75) is 11.4 Å². The monoisotopic (exact) mass is 483 g/mol. The number of hydrogen-bond donors (Lipinski definition) is 1. The Morgan fingerprint density at radius 2 is 1.76 bits per heavy atom. The molecule has 1 aromatic heterocycles. The van der Waals surface area contributed by atoms with Crippen molar-refractivity contribution in [3.8, 4) is 28.4 Å². The van der Waals surface area contributed by atoms with Crippen LogP contribution < -0.4 is 4.74 Å². The van der Waals surface area contributed by atoms with Crippen LogP contribution >= 0.6 is 11.6 Å². The van der Waals surface area contributed by atoms with Gasteiger partial charge in [0.2, 0.25) is 10.0 Å². The number of nitrogens with zero attached hydrogens (tertiary/aromatic N) is 3. The highest BCUT2D eigenvalue weighted by atomic mass is 35.5. The van der Waals surface area contributed by atoms with E-state index in [2.05, 4.69) is 5.10 Å². The van der Waals surface area contributed by atoms with Gasteiger partial charge < -0.3 is 9.84 Å². The van der Waals surface area contributed by atoms with E-state index in [0.29, 0.717) is 27.7 Å². The summed E-state index contributed by atoms with van der Waals surface area (Å²) in [5.41, 5.74) is 2.45. The summed E-state index contributed by atoms with van der Waals surface area (Å²) >= 11 is 6.36. The lowest BCUT2D eigenvalue weighted by molar-refractivity contribution is 0.404. The average Bonchev–Trinajstić information content (AvgIpc) is 3.29. The molecule has 0 unspecified atom stereocenters. The number of methoxy groups -OCH3 is 1. The van der Waals surface area contributed by atoms with Gasteiger partial charge in [0.15, 0.2) is 0 Å². The number of sulfonamides is 1. The van der Waals surface area contributed by atoms with Crippen molar-refractivity contribution >= 4 is 21.6 Å². The molecule has 0 atom stereocenters. The van der Waals surface area contributed by atoms with Crippen molar-refractivity contribution < 1.29 is 18.3 Å². The largest absolute Gasteiger partial charge is 0.506 e. The second-order valence-electron chi connectivity index (χ2n) is 7.35. The molecule has 0 spiro atoms. The van der Waals surface area contributed by atoms with E-state index in [1.165, 1.54) is 30.6 Å². The van der Waals surface area contributed by atoms with Gasteiger partial charge in [-0.2, -0.15) is 9.40 Å². The van der Waals surface area contributed by atoms with Crippen LogP contribution in [0.2, 0.25) is 5.02 Å². The molecular formula is C24H22ClN3O4S. The van der Waals surface area contributed by atoms with E-state index in [9.17, 15) is 13.5 Å². The highest BCUT2D eigenvalue weighted by Crippen LogP contribution is 2.39. The Hall–Kier alpha value is -3.33. The summed E-state index contributed by atoms with van der Waals surface area (Å²) in [5, 5.41) is 15.4. The van der Waals surface area contributed by atoms with Crippen LogP contribution in [0.15, 0.2) is 83.9 Å². The third-order valence-electron chi connectivity index (χ3n) is 5.22. The number of benzene rings is 3. The molecule has 7 nitrogen and oxygen atoms in total. The van der Waals surface area contributed by atoms with E-state index < -0.39 is 15.8 Å². The Bertz CT molecular complexity index is 1390. The molecule has 1 heterocycles. The van der Waals surface area contributed by atoms with Crippen molar-refractivity contribution in [3.05, 3.63) is 89.6 Å². The van der Waals surface area contributed by atoms with Crippen molar-refractivity contribution in [1.29, 1.82) is 0 Å². The summed E-state index contributed by atoms with van der Waals surface area (Å²) in [6.07, 6.45) is 1.58. The van der Waals surface area contributed by atoms with Crippen LogP contribution in [-0.2, 0) is 16.6 Å². The lowest BCUT2D eigenvalue weighted by atomic mass is 10.1. The number of ether oxygens (including phenoxy) is 1. The van der Waals surface area contributed by atoms with Gasteiger partial charge in [-0.3, -0.25) is 0 Å². The molecule has 33 heavy (non-hydrogen) atoms. The molecule has 0 aliphatic rings. The Balaban J connectivity index is 1.82. The van der Waals surface area contributed by atoms with E-state index in [-0.39, 0.29) is 11.4 Å². The molecule has 9 heteroatoms. The van der Waals surface area contributed by atoms with Crippen LogP contribution in [0.25, 0.3) is 16.9 Å². The summed E-state index contributed by atoms with van der Waals surface area (Å²) in [7, 11) is -1.10. The Kier molecular flexibility index (Phi) is 6.42. The lowest BCUT2D eigenvalue weighted by Crippen LogP contribution is -2.26. The van der Waals surface area contributed by atoms with Crippen LogP contribution in [-0.4, -0.2) is 41.8 Å². The number of para-hydroxylation sites is 1.